The molecule has 0 heterocycles. The van der Waals surface area contributed by atoms with Crippen LogP contribution in [0.4, 0.5) is 4.39 Å². The molecule has 17 heavy (non-hydrogen) atoms. The zero-order valence-electron chi connectivity index (χ0n) is 9.03. The van der Waals surface area contributed by atoms with E-state index in [2.05, 4.69) is 0 Å². The van der Waals surface area contributed by atoms with E-state index in [0.717, 1.165) is 0 Å². The SMILES string of the molecule is NC(CCSCc1cc(Cl)ccc1F)C(=O)O. The summed E-state index contributed by atoms with van der Waals surface area (Å²) < 4.78 is 13.3. The summed E-state index contributed by atoms with van der Waals surface area (Å²) in [5.74, 6) is -0.290. The number of carboxylic acids is 1. The van der Waals surface area contributed by atoms with E-state index >= 15 is 0 Å². The number of aliphatic carboxylic acids is 1. The van der Waals surface area contributed by atoms with Crippen LogP contribution >= 0.6 is 23.4 Å². The molecule has 1 unspecified atom stereocenters. The summed E-state index contributed by atoms with van der Waals surface area (Å²) >= 11 is 7.18. The first-order chi connectivity index (χ1) is 8.00. The van der Waals surface area contributed by atoms with Crippen LogP contribution in [0.2, 0.25) is 5.02 Å². The maximum absolute atomic E-state index is 13.3. The molecule has 0 aliphatic heterocycles. The molecule has 0 amide bonds. The lowest BCUT2D eigenvalue weighted by molar-refractivity contribution is -0.138. The van der Waals surface area contributed by atoms with E-state index < -0.39 is 12.0 Å². The predicted octanol–water partition coefficient (Wildman–Crippen LogP) is 2.51. The molecule has 0 aliphatic carbocycles. The van der Waals surface area contributed by atoms with Crippen molar-refractivity contribution < 1.29 is 14.3 Å². The van der Waals surface area contributed by atoms with Crippen LogP contribution < -0.4 is 5.73 Å². The smallest absolute Gasteiger partial charge is 0.320 e. The zero-order chi connectivity index (χ0) is 12.8. The van der Waals surface area contributed by atoms with E-state index in [4.69, 9.17) is 22.4 Å². The Hall–Kier alpha value is -0.780. The van der Waals surface area contributed by atoms with Gasteiger partial charge in [0.1, 0.15) is 11.9 Å². The quantitative estimate of drug-likeness (QED) is 0.784. The summed E-state index contributed by atoms with van der Waals surface area (Å²) in [4.78, 5) is 10.5. The maximum Gasteiger partial charge on any atom is 0.320 e. The minimum absolute atomic E-state index is 0.301. The third-order valence-corrected chi connectivity index (χ3v) is 3.43. The molecule has 3 nitrogen and oxygen atoms in total. The van der Waals surface area contributed by atoms with Crippen molar-refractivity contribution in [3.05, 3.63) is 34.6 Å². The van der Waals surface area contributed by atoms with E-state index in [9.17, 15) is 9.18 Å². The molecule has 6 heteroatoms. The van der Waals surface area contributed by atoms with Gasteiger partial charge in [-0.2, -0.15) is 11.8 Å². The average molecular weight is 278 g/mol. The van der Waals surface area contributed by atoms with Gasteiger partial charge in [0.2, 0.25) is 0 Å². The van der Waals surface area contributed by atoms with Gasteiger partial charge in [-0.05, 0) is 35.9 Å². The van der Waals surface area contributed by atoms with Crippen molar-refractivity contribution in [2.75, 3.05) is 5.75 Å². The van der Waals surface area contributed by atoms with Crippen molar-refractivity contribution in [1.29, 1.82) is 0 Å². The molecule has 0 saturated carbocycles. The molecule has 1 aromatic rings. The third kappa shape index (κ3) is 4.93. The van der Waals surface area contributed by atoms with Crippen LogP contribution in [-0.4, -0.2) is 22.9 Å². The highest BCUT2D eigenvalue weighted by atomic mass is 35.5. The van der Waals surface area contributed by atoms with Crippen molar-refractivity contribution in [2.24, 2.45) is 5.73 Å². The lowest BCUT2D eigenvalue weighted by Gasteiger charge is -2.06. The molecule has 1 atom stereocenters. The fourth-order valence-electron chi connectivity index (χ4n) is 1.17. The van der Waals surface area contributed by atoms with Gasteiger partial charge in [-0.25, -0.2) is 4.39 Å². The van der Waals surface area contributed by atoms with Crippen molar-refractivity contribution in [3.63, 3.8) is 0 Å². The molecule has 0 aromatic heterocycles. The second-order valence-electron chi connectivity index (χ2n) is 3.52. The second kappa shape index (κ2) is 6.83. The van der Waals surface area contributed by atoms with Gasteiger partial charge in [-0.3, -0.25) is 4.79 Å². The van der Waals surface area contributed by atoms with Crippen LogP contribution in [0.3, 0.4) is 0 Å². The monoisotopic (exact) mass is 277 g/mol. The number of thioether (sulfide) groups is 1. The number of hydrogen-bond acceptors (Lipinski definition) is 3. The lowest BCUT2D eigenvalue weighted by Crippen LogP contribution is -2.30. The molecule has 3 N–H and O–H groups in total. The first-order valence-corrected chi connectivity index (χ1v) is 6.54. The van der Waals surface area contributed by atoms with Crippen LogP contribution in [0, 0.1) is 5.82 Å². The van der Waals surface area contributed by atoms with Gasteiger partial charge < -0.3 is 10.8 Å². The molecule has 0 aliphatic rings. The van der Waals surface area contributed by atoms with Crippen LogP contribution in [0.1, 0.15) is 12.0 Å². The Bertz CT molecular complexity index is 403. The van der Waals surface area contributed by atoms with Gasteiger partial charge in [0.25, 0.3) is 0 Å². The van der Waals surface area contributed by atoms with Crippen molar-refractivity contribution in [1.82, 2.24) is 0 Å². The number of hydrogen-bond donors (Lipinski definition) is 2. The lowest BCUT2D eigenvalue weighted by atomic mass is 10.2. The summed E-state index contributed by atoms with van der Waals surface area (Å²) in [7, 11) is 0. The largest absolute Gasteiger partial charge is 0.480 e. The standard InChI is InChI=1S/C11H13ClFNO2S/c12-8-1-2-9(13)7(5-8)6-17-4-3-10(14)11(15)16/h1-2,5,10H,3-4,6,14H2,(H,15,16). The fourth-order valence-corrected chi connectivity index (χ4v) is 2.37. The second-order valence-corrected chi connectivity index (χ2v) is 5.06. The van der Waals surface area contributed by atoms with E-state index in [0.29, 0.717) is 28.5 Å². The van der Waals surface area contributed by atoms with Crippen LogP contribution in [0.5, 0.6) is 0 Å². The minimum atomic E-state index is -1.01. The Morgan fingerprint density at radius 2 is 2.29 bits per heavy atom. The fraction of sp³-hybridized carbons (Fsp3) is 0.364. The summed E-state index contributed by atoms with van der Waals surface area (Å²) in [6, 6.07) is 3.53. The highest BCUT2D eigenvalue weighted by Crippen LogP contribution is 2.20. The van der Waals surface area contributed by atoms with Crippen molar-refractivity contribution in [2.45, 2.75) is 18.2 Å². The topological polar surface area (TPSA) is 63.3 Å². The molecule has 0 saturated heterocycles. The first-order valence-electron chi connectivity index (χ1n) is 5.00. The number of rotatable bonds is 6. The average Bonchev–Trinajstić information content (AvgIpc) is 2.28. The van der Waals surface area contributed by atoms with Crippen molar-refractivity contribution >= 4 is 29.3 Å². The molecule has 1 rings (SSSR count). The highest BCUT2D eigenvalue weighted by molar-refractivity contribution is 7.98. The third-order valence-electron chi connectivity index (χ3n) is 2.16. The zero-order valence-corrected chi connectivity index (χ0v) is 10.6. The summed E-state index contributed by atoms with van der Waals surface area (Å²) in [6.45, 7) is 0. The van der Waals surface area contributed by atoms with Gasteiger partial charge in [0.05, 0.1) is 0 Å². The Labute approximate surface area is 108 Å². The first kappa shape index (κ1) is 14.3. The molecular formula is C11H13ClFNO2S. The molecular weight excluding hydrogens is 265 g/mol. The van der Waals surface area contributed by atoms with E-state index in [1.54, 1.807) is 6.07 Å². The molecule has 0 bridgehead atoms. The minimum Gasteiger partial charge on any atom is -0.480 e. The van der Waals surface area contributed by atoms with Gasteiger partial charge >= 0.3 is 5.97 Å². The maximum atomic E-state index is 13.3. The normalized spacial score (nSPS) is 12.4. The van der Waals surface area contributed by atoms with E-state index in [-0.39, 0.29) is 5.82 Å². The Balaban J connectivity index is 2.36. The number of nitrogens with two attached hydrogens (primary N) is 1. The summed E-state index contributed by atoms with van der Waals surface area (Å²) in [6.07, 6.45) is 0.363. The highest BCUT2D eigenvalue weighted by Gasteiger charge is 2.10. The molecule has 0 fully saturated rings. The van der Waals surface area contributed by atoms with Gasteiger partial charge in [-0.15, -0.1) is 0 Å². The van der Waals surface area contributed by atoms with Crippen LogP contribution in [0.25, 0.3) is 0 Å². The Morgan fingerprint density at radius 1 is 1.59 bits per heavy atom. The van der Waals surface area contributed by atoms with Crippen molar-refractivity contribution in [3.8, 4) is 0 Å². The molecule has 0 spiro atoms. The Morgan fingerprint density at radius 3 is 2.94 bits per heavy atom. The predicted molar refractivity (Wildman–Crippen MR) is 67.8 cm³/mol. The van der Waals surface area contributed by atoms with Crippen LogP contribution in [0.15, 0.2) is 18.2 Å². The number of carboxylic acid groups (broad SMARTS) is 1. The number of halogens is 2. The molecule has 1 aromatic carbocycles. The van der Waals surface area contributed by atoms with Crippen LogP contribution in [-0.2, 0) is 10.5 Å². The van der Waals surface area contributed by atoms with Gasteiger partial charge in [-0.1, -0.05) is 11.6 Å². The number of carbonyl (C=O) groups is 1. The van der Waals surface area contributed by atoms with E-state index in [1.165, 1.54) is 23.9 Å². The molecule has 94 valence electrons. The summed E-state index contributed by atoms with van der Waals surface area (Å²) in [5, 5.41) is 9.06. The van der Waals surface area contributed by atoms with Gasteiger partial charge in [0, 0.05) is 10.8 Å². The van der Waals surface area contributed by atoms with E-state index in [1.807, 2.05) is 0 Å². The van der Waals surface area contributed by atoms with Gasteiger partial charge in [0.15, 0.2) is 0 Å². The molecule has 0 radical (unpaired) electrons. The number of benzene rings is 1. The Kier molecular flexibility index (Phi) is 5.74. The summed E-state index contributed by atoms with van der Waals surface area (Å²) in [5.41, 5.74) is 5.86.